The van der Waals surface area contributed by atoms with Crippen LogP contribution in [0.15, 0.2) is 12.3 Å². The van der Waals surface area contributed by atoms with Gasteiger partial charge in [0.1, 0.15) is 0 Å². The molecule has 0 bridgehead atoms. The van der Waals surface area contributed by atoms with Crippen LogP contribution in [0.5, 0.6) is 0 Å². The summed E-state index contributed by atoms with van der Waals surface area (Å²) in [5.41, 5.74) is 0.963. The number of nitrogens with one attached hydrogen (secondary N) is 1. The molecule has 1 aromatic rings. The van der Waals surface area contributed by atoms with E-state index in [1.54, 1.807) is 4.68 Å². The van der Waals surface area contributed by atoms with Crippen LogP contribution in [0.4, 0.5) is 0 Å². The van der Waals surface area contributed by atoms with Crippen molar-refractivity contribution in [2.75, 3.05) is 33.0 Å². The van der Waals surface area contributed by atoms with E-state index in [4.69, 9.17) is 9.47 Å². The molecule has 2 N–H and O–H groups in total. The Kier molecular flexibility index (Phi) is 9.23. The minimum absolute atomic E-state index is 0.326. The van der Waals surface area contributed by atoms with Crippen LogP contribution in [0.1, 0.15) is 25.5 Å². The standard InChI is InChI=1S/C14H27N3O3/c1-3-4-7-19-8-9-20-12-14(18)11-15-10-13-5-6-17(2)16-13/h5-6,14-15,18H,3-4,7-12H2,1-2H3. The number of aliphatic hydroxyl groups is 1. The van der Waals surface area contributed by atoms with Gasteiger partial charge in [0.25, 0.3) is 0 Å². The van der Waals surface area contributed by atoms with Gasteiger partial charge < -0.3 is 19.9 Å². The highest BCUT2D eigenvalue weighted by atomic mass is 16.5. The van der Waals surface area contributed by atoms with Crippen molar-refractivity contribution in [3.05, 3.63) is 18.0 Å². The summed E-state index contributed by atoms with van der Waals surface area (Å²) >= 11 is 0. The van der Waals surface area contributed by atoms with Crippen molar-refractivity contribution < 1.29 is 14.6 Å². The van der Waals surface area contributed by atoms with E-state index in [0.29, 0.717) is 32.9 Å². The van der Waals surface area contributed by atoms with Gasteiger partial charge in [0, 0.05) is 32.9 Å². The molecule has 1 unspecified atom stereocenters. The molecule has 0 radical (unpaired) electrons. The molecule has 6 heteroatoms. The first-order chi connectivity index (χ1) is 9.72. The Labute approximate surface area is 121 Å². The first-order valence-corrected chi connectivity index (χ1v) is 7.25. The molecule has 116 valence electrons. The van der Waals surface area contributed by atoms with E-state index >= 15 is 0 Å². The molecule has 0 fully saturated rings. The smallest absolute Gasteiger partial charge is 0.0897 e. The van der Waals surface area contributed by atoms with E-state index < -0.39 is 6.10 Å². The van der Waals surface area contributed by atoms with Crippen LogP contribution in [0, 0.1) is 0 Å². The van der Waals surface area contributed by atoms with Crippen molar-refractivity contribution in [2.24, 2.45) is 7.05 Å². The van der Waals surface area contributed by atoms with Crippen LogP contribution in [-0.4, -0.2) is 54.0 Å². The normalized spacial score (nSPS) is 12.8. The minimum Gasteiger partial charge on any atom is -0.389 e. The molecule has 20 heavy (non-hydrogen) atoms. The number of rotatable bonds is 12. The average molecular weight is 285 g/mol. The zero-order valence-corrected chi connectivity index (χ0v) is 12.5. The molecule has 1 atom stereocenters. The molecule has 0 aliphatic heterocycles. The first kappa shape index (κ1) is 17.1. The second kappa shape index (κ2) is 10.8. The molecule has 0 saturated heterocycles. The second-order valence-electron chi connectivity index (χ2n) is 4.81. The monoisotopic (exact) mass is 285 g/mol. The fourth-order valence-electron chi connectivity index (χ4n) is 1.67. The van der Waals surface area contributed by atoms with Crippen LogP contribution in [0.2, 0.25) is 0 Å². The molecule has 1 aromatic heterocycles. The maximum atomic E-state index is 9.72. The van der Waals surface area contributed by atoms with Gasteiger partial charge in [0.15, 0.2) is 0 Å². The molecular weight excluding hydrogens is 258 g/mol. The van der Waals surface area contributed by atoms with Crippen LogP contribution < -0.4 is 5.32 Å². The second-order valence-corrected chi connectivity index (χ2v) is 4.81. The Morgan fingerprint density at radius 2 is 2.15 bits per heavy atom. The molecular formula is C14H27N3O3. The Morgan fingerprint density at radius 1 is 1.35 bits per heavy atom. The average Bonchev–Trinajstić information content (AvgIpc) is 2.83. The molecule has 0 aliphatic carbocycles. The van der Waals surface area contributed by atoms with Gasteiger partial charge >= 0.3 is 0 Å². The van der Waals surface area contributed by atoms with Crippen LogP contribution in [-0.2, 0) is 23.1 Å². The van der Waals surface area contributed by atoms with Crippen molar-refractivity contribution in [3.63, 3.8) is 0 Å². The lowest BCUT2D eigenvalue weighted by Crippen LogP contribution is -2.30. The highest BCUT2D eigenvalue weighted by Gasteiger charge is 2.04. The van der Waals surface area contributed by atoms with Gasteiger partial charge in [0.2, 0.25) is 0 Å². The van der Waals surface area contributed by atoms with E-state index in [9.17, 15) is 5.11 Å². The molecule has 1 heterocycles. The Hall–Kier alpha value is -0.950. The molecule has 0 amide bonds. The third-order valence-electron chi connectivity index (χ3n) is 2.78. The van der Waals surface area contributed by atoms with E-state index in [-0.39, 0.29) is 0 Å². The SMILES string of the molecule is CCCCOCCOCC(O)CNCc1ccn(C)n1. The summed E-state index contributed by atoms with van der Waals surface area (Å²) in [5, 5.41) is 17.1. The number of unbranched alkanes of at least 4 members (excludes halogenated alkanes) is 1. The van der Waals surface area contributed by atoms with Crippen LogP contribution in [0.25, 0.3) is 0 Å². The topological polar surface area (TPSA) is 68.5 Å². The van der Waals surface area contributed by atoms with Gasteiger partial charge in [-0.05, 0) is 12.5 Å². The summed E-state index contributed by atoms with van der Waals surface area (Å²) in [6.07, 6.45) is 3.62. The lowest BCUT2D eigenvalue weighted by atomic mass is 10.3. The van der Waals surface area contributed by atoms with E-state index in [0.717, 1.165) is 25.1 Å². The predicted octanol–water partition coefficient (Wildman–Crippen LogP) is 0.704. The Bertz CT molecular complexity index is 344. The maximum absolute atomic E-state index is 9.72. The van der Waals surface area contributed by atoms with E-state index in [1.807, 2.05) is 19.3 Å². The Morgan fingerprint density at radius 3 is 2.85 bits per heavy atom. The van der Waals surface area contributed by atoms with E-state index in [1.165, 1.54) is 0 Å². The lowest BCUT2D eigenvalue weighted by Gasteiger charge is -2.12. The zero-order chi connectivity index (χ0) is 14.6. The van der Waals surface area contributed by atoms with Gasteiger partial charge in [-0.15, -0.1) is 0 Å². The van der Waals surface area contributed by atoms with Crippen molar-refractivity contribution >= 4 is 0 Å². The number of aromatic nitrogens is 2. The predicted molar refractivity (Wildman–Crippen MR) is 77.5 cm³/mol. The largest absolute Gasteiger partial charge is 0.389 e. The summed E-state index contributed by atoms with van der Waals surface area (Å²) in [6.45, 7) is 5.51. The van der Waals surface area contributed by atoms with Crippen molar-refractivity contribution in [2.45, 2.75) is 32.4 Å². The number of nitrogens with zero attached hydrogens (tertiary/aromatic N) is 2. The number of hydrogen-bond acceptors (Lipinski definition) is 5. The molecule has 6 nitrogen and oxygen atoms in total. The zero-order valence-electron chi connectivity index (χ0n) is 12.5. The van der Waals surface area contributed by atoms with Crippen molar-refractivity contribution in [3.8, 4) is 0 Å². The van der Waals surface area contributed by atoms with Gasteiger partial charge in [0.05, 0.1) is 31.6 Å². The first-order valence-electron chi connectivity index (χ1n) is 7.25. The fraction of sp³-hybridized carbons (Fsp3) is 0.786. The molecule has 0 saturated carbocycles. The molecule has 0 aliphatic rings. The molecule has 0 aromatic carbocycles. The highest BCUT2D eigenvalue weighted by Crippen LogP contribution is 1.93. The third kappa shape index (κ3) is 8.27. The number of hydrogen-bond donors (Lipinski definition) is 2. The number of aryl methyl sites for hydroxylation is 1. The van der Waals surface area contributed by atoms with Crippen molar-refractivity contribution in [1.82, 2.24) is 15.1 Å². The minimum atomic E-state index is -0.505. The highest BCUT2D eigenvalue weighted by molar-refractivity contribution is 4.97. The fourth-order valence-corrected chi connectivity index (χ4v) is 1.67. The van der Waals surface area contributed by atoms with Gasteiger partial charge in [-0.3, -0.25) is 4.68 Å². The van der Waals surface area contributed by atoms with Gasteiger partial charge in [-0.25, -0.2) is 0 Å². The van der Waals surface area contributed by atoms with Gasteiger partial charge in [-0.2, -0.15) is 5.10 Å². The molecule has 0 spiro atoms. The Balaban J connectivity index is 1.91. The summed E-state index contributed by atoms with van der Waals surface area (Å²) in [5.74, 6) is 0. The van der Waals surface area contributed by atoms with E-state index in [2.05, 4.69) is 17.3 Å². The summed E-state index contributed by atoms with van der Waals surface area (Å²) in [4.78, 5) is 0. The number of aliphatic hydroxyl groups excluding tert-OH is 1. The van der Waals surface area contributed by atoms with Crippen LogP contribution in [0.3, 0.4) is 0 Å². The summed E-state index contributed by atoms with van der Waals surface area (Å²) < 4.78 is 12.5. The van der Waals surface area contributed by atoms with Crippen molar-refractivity contribution in [1.29, 1.82) is 0 Å². The quantitative estimate of drug-likeness (QED) is 0.553. The lowest BCUT2D eigenvalue weighted by molar-refractivity contribution is 0.00383. The third-order valence-corrected chi connectivity index (χ3v) is 2.78. The maximum Gasteiger partial charge on any atom is 0.0897 e. The molecule has 1 rings (SSSR count). The summed E-state index contributed by atoms with van der Waals surface area (Å²) in [7, 11) is 1.88. The summed E-state index contributed by atoms with van der Waals surface area (Å²) in [6, 6.07) is 1.95. The number of ether oxygens (including phenoxy) is 2. The van der Waals surface area contributed by atoms with Crippen LogP contribution >= 0.6 is 0 Å². The van der Waals surface area contributed by atoms with Gasteiger partial charge in [-0.1, -0.05) is 13.3 Å².